The summed E-state index contributed by atoms with van der Waals surface area (Å²) in [6.45, 7) is 1.75. The predicted molar refractivity (Wildman–Crippen MR) is 138 cm³/mol. The average molecular weight is 529 g/mol. The van der Waals surface area contributed by atoms with Crippen LogP contribution in [0.25, 0.3) is 0 Å². The molecule has 1 aromatic carbocycles. The van der Waals surface area contributed by atoms with Crippen LogP contribution in [0.5, 0.6) is 0 Å². The Hall–Kier alpha value is -3.93. The quantitative estimate of drug-likeness (QED) is 0.346. The molecule has 7 N–H and O–H groups in total. The smallest absolute Gasteiger partial charge is 0.303 e. The standard InChI is InChI=1S/C24H29ClN8O4/c25-19-21(27)30-20(26)18(29-19)22(37)31-23-28-13-24(32-23)9-11-33(12-10-24)16(34)7-5-14-1-3-15(4-2-14)6-8-17(35)36/h1-4H,5-13H2,(H,35,36)(H4,26,27,30)(H2,28,31,32,37). The van der Waals surface area contributed by atoms with Gasteiger partial charge in [0.1, 0.15) is 0 Å². The highest BCUT2D eigenvalue weighted by atomic mass is 35.5. The van der Waals surface area contributed by atoms with Crippen molar-refractivity contribution in [3.63, 3.8) is 0 Å². The second-order valence-corrected chi connectivity index (χ2v) is 9.61. The summed E-state index contributed by atoms with van der Waals surface area (Å²) >= 11 is 5.85. The Morgan fingerprint density at radius 1 is 1.03 bits per heavy atom. The number of nitrogen functional groups attached to an aromatic ring is 2. The van der Waals surface area contributed by atoms with E-state index >= 15 is 0 Å². The molecule has 2 fully saturated rings. The molecule has 12 nitrogen and oxygen atoms in total. The van der Waals surface area contributed by atoms with Crippen molar-refractivity contribution in [1.29, 1.82) is 0 Å². The Kier molecular flexibility index (Phi) is 7.77. The van der Waals surface area contributed by atoms with Crippen LogP contribution in [-0.4, -0.2) is 68.9 Å². The van der Waals surface area contributed by atoms with E-state index in [0.717, 1.165) is 11.1 Å². The number of carbonyl (C=O) groups is 3. The first kappa shape index (κ1) is 26.1. The molecule has 0 radical (unpaired) electrons. The summed E-state index contributed by atoms with van der Waals surface area (Å²) in [6, 6.07) is 7.73. The maximum Gasteiger partial charge on any atom is 0.303 e. The van der Waals surface area contributed by atoms with Gasteiger partial charge in [0.25, 0.3) is 0 Å². The fraction of sp³-hybridized carbons (Fsp3) is 0.417. The third-order valence-electron chi connectivity index (χ3n) is 6.65. The summed E-state index contributed by atoms with van der Waals surface area (Å²) in [5.41, 5.74) is 12.8. The maximum atomic E-state index is 12.8. The summed E-state index contributed by atoms with van der Waals surface area (Å²) in [7, 11) is 0. The van der Waals surface area contributed by atoms with E-state index in [4.69, 9.17) is 28.2 Å². The van der Waals surface area contributed by atoms with Gasteiger partial charge in [0.2, 0.25) is 5.91 Å². The molecule has 2 amide bonds. The highest BCUT2D eigenvalue weighted by Gasteiger charge is 2.40. The summed E-state index contributed by atoms with van der Waals surface area (Å²) in [5, 5.41) is 15.1. The number of nitrogens with two attached hydrogens (primary N) is 2. The van der Waals surface area contributed by atoms with Crippen LogP contribution in [0.15, 0.2) is 29.3 Å². The Bertz CT molecular complexity index is 1230. The summed E-state index contributed by atoms with van der Waals surface area (Å²) in [5.74, 6) is -1.32. The number of nitrogens with zero attached hydrogens (tertiary/aromatic N) is 4. The minimum absolute atomic E-state index is 0.0633. The summed E-state index contributed by atoms with van der Waals surface area (Å²) in [4.78, 5) is 49.6. The zero-order chi connectivity index (χ0) is 26.6. The molecule has 13 heteroatoms. The van der Waals surface area contributed by atoms with Gasteiger partial charge in [0.15, 0.2) is 28.4 Å². The maximum absolute atomic E-state index is 12.8. The second kappa shape index (κ2) is 11.0. The molecular weight excluding hydrogens is 500 g/mol. The molecule has 2 aromatic rings. The number of piperidine rings is 1. The van der Waals surface area contributed by atoms with Crippen LogP contribution in [-0.2, 0) is 22.4 Å². The lowest BCUT2D eigenvalue weighted by molar-refractivity contribution is -0.137. The van der Waals surface area contributed by atoms with Gasteiger partial charge in [-0.1, -0.05) is 35.9 Å². The predicted octanol–water partition coefficient (Wildman–Crippen LogP) is 0.995. The van der Waals surface area contributed by atoms with Gasteiger partial charge in [-0.15, -0.1) is 0 Å². The molecule has 4 rings (SSSR count). The number of aliphatic imine (C=N–C) groups is 1. The minimum Gasteiger partial charge on any atom is -0.481 e. The van der Waals surface area contributed by atoms with Crippen LogP contribution in [0.2, 0.25) is 5.15 Å². The monoisotopic (exact) mass is 528 g/mol. The zero-order valence-corrected chi connectivity index (χ0v) is 20.9. The van der Waals surface area contributed by atoms with Crippen molar-refractivity contribution in [2.75, 3.05) is 31.1 Å². The van der Waals surface area contributed by atoms with Gasteiger partial charge in [-0.05, 0) is 36.8 Å². The first-order valence-corrected chi connectivity index (χ1v) is 12.3. The molecule has 0 atom stereocenters. The Balaban J connectivity index is 1.26. The third kappa shape index (κ3) is 6.45. The number of carboxylic acids is 1. The lowest BCUT2D eigenvalue weighted by atomic mass is 9.88. The molecule has 0 aliphatic carbocycles. The summed E-state index contributed by atoms with van der Waals surface area (Å²) < 4.78 is 0. The zero-order valence-electron chi connectivity index (χ0n) is 20.2. The van der Waals surface area contributed by atoms with E-state index < -0.39 is 11.9 Å². The van der Waals surface area contributed by atoms with Crippen LogP contribution in [0, 0.1) is 0 Å². The first-order chi connectivity index (χ1) is 17.6. The minimum atomic E-state index is -0.817. The van der Waals surface area contributed by atoms with E-state index in [-0.39, 0.29) is 40.3 Å². The highest BCUT2D eigenvalue weighted by Crippen LogP contribution is 2.25. The Labute approximate surface area is 218 Å². The largest absolute Gasteiger partial charge is 0.481 e. The molecule has 2 saturated heterocycles. The second-order valence-electron chi connectivity index (χ2n) is 9.25. The number of guanidine groups is 1. The van der Waals surface area contributed by atoms with Crippen LogP contribution in [0.3, 0.4) is 0 Å². The van der Waals surface area contributed by atoms with Crippen LogP contribution in [0.1, 0.15) is 47.3 Å². The number of aryl methyl sites for hydroxylation is 2. The fourth-order valence-corrected chi connectivity index (χ4v) is 4.56. The van der Waals surface area contributed by atoms with Crippen molar-refractivity contribution in [3.05, 3.63) is 46.2 Å². The Morgan fingerprint density at radius 3 is 2.27 bits per heavy atom. The Morgan fingerprint density at radius 2 is 1.65 bits per heavy atom. The van der Waals surface area contributed by atoms with E-state index in [1.54, 1.807) is 0 Å². The van der Waals surface area contributed by atoms with Crippen LogP contribution >= 0.6 is 11.6 Å². The van der Waals surface area contributed by atoms with Gasteiger partial charge in [-0.3, -0.25) is 14.4 Å². The van der Waals surface area contributed by atoms with Crippen molar-refractivity contribution >= 4 is 47.0 Å². The molecule has 1 spiro atoms. The van der Waals surface area contributed by atoms with E-state index in [0.29, 0.717) is 57.7 Å². The highest BCUT2D eigenvalue weighted by molar-refractivity contribution is 6.31. The van der Waals surface area contributed by atoms with Crippen molar-refractivity contribution in [2.45, 2.75) is 44.1 Å². The number of hydrogen-bond acceptors (Lipinski definition) is 7. The third-order valence-corrected chi connectivity index (χ3v) is 6.93. The fourth-order valence-electron chi connectivity index (χ4n) is 4.43. The molecule has 2 aliphatic rings. The van der Waals surface area contributed by atoms with Crippen LogP contribution < -0.4 is 22.1 Å². The number of hydrogen-bond donors (Lipinski definition) is 5. The van der Waals surface area contributed by atoms with Gasteiger partial charge < -0.3 is 32.1 Å². The number of aromatic nitrogens is 2. The van der Waals surface area contributed by atoms with Gasteiger partial charge in [-0.2, -0.15) is 4.99 Å². The van der Waals surface area contributed by atoms with Gasteiger partial charge >= 0.3 is 11.9 Å². The van der Waals surface area contributed by atoms with Crippen molar-refractivity contribution in [2.24, 2.45) is 4.99 Å². The van der Waals surface area contributed by atoms with Crippen molar-refractivity contribution in [1.82, 2.24) is 25.5 Å². The van der Waals surface area contributed by atoms with Gasteiger partial charge in [0, 0.05) is 32.5 Å². The molecule has 0 saturated carbocycles. The number of rotatable bonds is 7. The first-order valence-electron chi connectivity index (χ1n) is 11.9. The van der Waals surface area contributed by atoms with E-state index in [1.807, 2.05) is 29.2 Å². The molecular formula is C24H29ClN8O4. The van der Waals surface area contributed by atoms with Crippen LogP contribution in [0.4, 0.5) is 11.6 Å². The summed E-state index contributed by atoms with van der Waals surface area (Å²) in [6.07, 6.45) is 3.02. The van der Waals surface area contributed by atoms with Gasteiger partial charge in [0.05, 0.1) is 5.54 Å². The van der Waals surface area contributed by atoms with Crippen molar-refractivity contribution < 1.29 is 19.5 Å². The molecule has 196 valence electrons. The van der Waals surface area contributed by atoms with E-state index in [2.05, 4.69) is 25.6 Å². The van der Waals surface area contributed by atoms with Gasteiger partial charge in [-0.25, -0.2) is 9.97 Å². The number of halogens is 1. The SMILES string of the molecule is Nc1nc(N)c(C(=O)/N=C2\NCC3(CCN(C(=O)CCc4ccc(CCC(=O)O)cc4)CC3)N2)nc1Cl. The molecule has 37 heavy (non-hydrogen) atoms. The topological polar surface area (TPSA) is 189 Å². The lowest BCUT2D eigenvalue weighted by Gasteiger charge is -2.38. The molecule has 0 unspecified atom stereocenters. The number of benzene rings is 1. The number of carboxylic acid groups (broad SMARTS) is 1. The van der Waals surface area contributed by atoms with Crippen molar-refractivity contribution in [3.8, 4) is 0 Å². The normalized spacial score (nSPS) is 17.4. The molecule has 0 bridgehead atoms. The number of amides is 2. The number of anilines is 2. The lowest BCUT2D eigenvalue weighted by Crippen LogP contribution is -2.53. The molecule has 2 aliphatic heterocycles. The number of carbonyl (C=O) groups excluding carboxylic acids is 2. The van der Waals surface area contributed by atoms with E-state index in [9.17, 15) is 14.4 Å². The number of likely N-dealkylation sites (tertiary alicyclic amines) is 1. The number of aliphatic carboxylic acids is 1. The molecule has 3 heterocycles. The molecule has 1 aromatic heterocycles. The van der Waals surface area contributed by atoms with E-state index in [1.165, 1.54) is 0 Å². The average Bonchev–Trinajstić information content (AvgIpc) is 3.25. The number of nitrogens with one attached hydrogen (secondary N) is 2.